The van der Waals surface area contributed by atoms with Crippen LogP contribution in [0, 0.1) is 13.8 Å². The molecule has 1 aromatic heterocycles. The van der Waals surface area contributed by atoms with E-state index >= 15 is 0 Å². The van der Waals surface area contributed by atoms with Crippen LogP contribution in [-0.4, -0.2) is 53.0 Å². The van der Waals surface area contributed by atoms with Gasteiger partial charge in [0.15, 0.2) is 0 Å². The number of carbonyl (C=O) groups is 3. The number of benzene rings is 2. The number of nitrogens with zero attached hydrogens (tertiary/aromatic N) is 3. The predicted octanol–water partition coefficient (Wildman–Crippen LogP) is 2.78. The maximum absolute atomic E-state index is 12.9. The number of rotatable bonds is 7. The van der Waals surface area contributed by atoms with Crippen LogP contribution in [0.4, 0.5) is 5.69 Å². The summed E-state index contributed by atoms with van der Waals surface area (Å²) in [6, 6.07) is 16.2. The molecule has 0 aliphatic heterocycles. The number of carbonyl (C=O) groups excluding carboxylic acids is 3. The van der Waals surface area contributed by atoms with Crippen LogP contribution in [0.3, 0.4) is 0 Å². The van der Waals surface area contributed by atoms with Crippen molar-refractivity contribution in [3.05, 3.63) is 71.5 Å². The fraction of sp³-hybridized carbons (Fsp3) is 0.217. The van der Waals surface area contributed by atoms with Crippen molar-refractivity contribution in [3.8, 4) is 11.4 Å². The average Bonchev–Trinajstić information content (AvgIpc) is 3.07. The number of para-hydroxylation sites is 1. The lowest BCUT2D eigenvalue weighted by atomic mass is 10.1. The molecule has 2 aromatic carbocycles. The molecule has 8 heteroatoms. The van der Waals surface area contributed by atoms with E-state index in [1.165, 1.54) is 7.05 Å². The summed E-state index contributed by atoms with van der Waals surface area (Å²) < 4.78 is 6.71. The maximum atomic E-state index is 12.9. The number of Topliss-reactive ketones (excluding diaryl/α,β-unsaturated/α-hetero) is 1. The van der Waals surface area contributed by atoms with Gasteiger partial charge in [-0.1, -0.05) is 18.2 Å². The van der Waals surface area contributed by atoms with Gasteiger partial charge in [-0.25, -0.2) is 4.68 Å². The van der Waals surface area contributed by atoms with Crippen molar-refractivity contribution in [2.45, 2.75) is 13.8 Å². The van der Waals surface area contributed by atoms with Gasteiger partial charge in [0.25, 0.3) is 11.7 Å². The van der Waals surface area contributed by atoms with E-state index in [0.717, 1.165) is 10.6 Å². The number of nitrogens with one attached hydrogen (secondary N) is 1. The Morgan fingerprint density at radius 1 is 1.03 bits per heavy atom. The van der Waals surface area contributed by atoms with E-state index in [2.05, 4.69) is 10.4 Å². The highest BCUT2D eigenvalue weighted by atomic mass is 16.5. The second kappa shape index (κ2) is 9.25. The lowest BCUT2D eigenvalue weighted by Crippen LogP contribution is -2.39. The van der Waals surface area contributed by atoms with Gasteiger partial charge in [-0.15, -0.1) is 0 Å². The van der Waals surface area contributed by atoms with Crippen LogP contribution in [0.25, 0.3) is 5.69 Å². The van der Waals surface area contributed by atoms with Gasteiger partial charge in [0, 0.05) is 12.7 Å². The van der Waals surface area contributed by atoms with E-state index < -0.39 is 17.6 Å². The molecule has 8 nitrogen and oxygen atoms in total. The first-order valence-corrected chi connectivity index (χ1v) is 9.67. The van der Waals surface area contributed by atoms with Crippen LogP contribution in [0.1, 0.15) is 21.7 Å². The first-order valence-electron chi connectivity index (χ1n) is 9.67. The van der Waals surface area contributed by atoms with Gasteiger partial charge >= 0.3 is 0 Å². The van der Waals surface area contributed by atoms with Crippen molar-refractivity contribution < 1.29 is 19.1 Å². The Labute approximate surface area is 180 Å². The SMILES string of the molecule is COc1ccc(NC(=O)CN(C)C(=O)C(=O)c2c(C)nn(-c3ccccc3)c2C)cc1. The molecule has 3 aromatic rings. The molecule has 0 unspecified atom stereocenters. The summed E-state index contributed by atoms with van der Waals surface area (Å²) in [5.41, 5.74) is 2.63. The van der Waals surface area contributed by atoms with E-state index in [9.17, 15) is 14.4 Å². The molecule has 0 radical (unpaired) electrons. The number of likely N-dealkylation sites (N-methyl/N-ethyl adjacent to an activating group) is 1. The molecular weight excluding hydrogens is 396 g/mol. The molecule has 0 saturated heterocycles. The van der Waals surface area contributed by atoms with Gasteiger partial charge in [-0.3, -0.25) is 14.4 Å². The van der Waals surface area contributed by atoms with E-state index in [-0.39, 0.29) is 12.1 Å². The minimum absolute atomic E-state index is 0.247. The Kier molecular flexibility index (Phi) is 6.49. The highest BCUT2D eigenvalue weighted by molar-refractivity contribution is 6.43. The van der Waals surface area contributed by atoms with Gasteiger partial charge in [0.05, 0.1) is 36.3 Å². The normalized spacial score (nSPS) is 10.5. The minimum Gasteiger partial charge on any atom is -0.497 e. The zero-order valence-corrected chi connectivity index (χ0v) is 17.9. The Bertz CT molecular complexity index is 1100. The molecule has 0 saturated carbocycles. The lowest BCUT2D eigenvalue weighted by Gasteiger charge is -2.16. The van der Waals surface area contributed by atoms with Crippen molar-refractivity contribution >= 4 is 23.3 Å². The first kappa shape index (κ1) is 21.8. The monoisotopic (exact) mass is 420 g/mol. The quantitative estimate of drug-likeness (QED) is 0.469. The topological polar surface area (TPSA) is 93.5 Å². The number of hydrogen-bond acceptors (Lipinski definition) is 5. The second-order valence-corrected chi connectivity index (χ2v) is 7.06. The summed E-state index contributed by atoms with van der Waals surface area (Å²) in [5, 5.41) is 7.10. The zero-order chi connectivity index (χ0) is 22.5. The molecule has 0 fully saturated rings. The zero-order valence-electron chi connectivity index (χ0n) is 17.9. The van der Waals surface area contributed by atoms with E-state index in [1.54, 1.807) is 49.9 Å². The highest BCUT2D eigenvalue weighted by Crippen LogP contribution is 2.19. The largest absolute Gasteiger partial charge is 0.497 e. The number of hydrogen-bond donors (Lipinski definition) is 1. The number of ether oxygens (including phenoxy) is 1. The molecule has 1 heterocycles. The van der Waals surface area contributed by atoms with Gasteiger partial charge in [0.1, 0.15) is 5.75 Å². The second-order valence-electron chi connectivity index (χ2n) is 7.06. The molecular formula is C23H24N4O4. The third-order valence-electron chi connectivity index (χ3n) is 4.81. The first-order chi connectivity index (χ1) is 14.8. The van der Waals surface area contributed by atoms with Gasteiger partial charge in [-0.05, 0) is 50.2 Å². The molecule has 31 heavy (non-hydrogen) atoms. The van der Waals surface area contributed by atoms with Gasteiger partial charge in [0.2, 0.25) is 5.91 Å². The number of aromatic nitrogens is 2. The number of anilines is 1. The maximum Gasteiger partial charge on any atom is 0.295 e. The number of ketones is 1. The molecule has 1 N–H and O–H groups in total. The van der Waals surface area contributed by atoms with Crippen molar-refractivity contribution in [1.29, 1.82) is 0 Å². The van der Waals surface area contributed by atoms with Crippen LogP contribution in [0.15, 0.2) is 54.6 Å². The van der Waals surface area contributed by atoms with E-state index in [1.807, 2.05) is 30.3 Å². The lowest BCUT2D eigenvalue weighted by molar-refractivity contribution is -0.129. The molecule has 3 rings (SSSR count). The third-order valence-corrected chi connectivity index (χ3v) is 4.81. The number of methoxy groups -OCH3 is 1. The van der Waals surface area contributed by atoms with E-state index in [0.29, 0.717) is 22.8 Å². The van der Waals surface area contributed by atoms with Crippen LogP contribution in [-0.2, 0) is 9.59 Å². The Hall–Kier alpha value is -3.94. The van der Waals surface area contributed by atoms with Crippen LogP contribution < -0.4 is 10.1 Å². The standard InChI is InChI=1S/C23H24N4O4/c1-15-21(16(2)27(25-15)18-8-6-5-7-9-18)22(29)23(30)26(3)14-20(28)24-17-10-12-19(31-4)13-11-17/h5-13H,14H2,1-4H3,(H,24,28). The fourth-order valence-electron chi connectivity index (χ4n) is 3.23. The van der Waals surface area contributed by atoms with Crippen LogP contribution in [0.2, 0.25) is 0 Å². The number of aryl methyl sites for hydroxylation is 1. The Morgan fingerprint density at radius 2 is 1.68 bits per heavy atom. The summed E-state index contributed by atoms with van der Waals surface area (Å²) in [7, 11) is 2.97. The molecule has 160 valence electrons. The minimum atomic E-state index is -0.774. The van der Waals surface area contributed by atoms with Crippen LogP contribution >= 0.6 is 0 Å². The van der Waals surface area contributed by atoms with Crippen molar-refractivity contribution in [2.75, 3.05) is 26.0 Å². The molecule has 0 atom stereocenters. The van der Waals surface area contributed by atoms with Gasteiger partial charge in [-0.2, -0.15) is 5.10 Å². The van der Waals surface area contributed by atoms with Crippen LogP contribution in [0.5, 0.6) is 5.75 Å². The van der Waals surface area contributed by atoms with Crippen molar-refractivity contribution in [2.24, 2.45) is 0 Å². The highest BCUT2D eigenvalue weighted by Gasteiger charge is 2.28. The molecule has 0 aliphatic carbocycles. The average molecular weight is 420 g/mol. The summed E-state index contributed by atoms with van der Waals surface area (Å²) in [6.07, 6.45) is 0. The third kappa shape index (κ3) is 4.80. The smallest absolute Gasteiger partial charge is 0.295 e. The van der Waals surface area contributed by atoms with Gasteiger partial charge < -0.3 is 15.0 Å². The van der Waals surface area contributed by atoms with Crippen molar-refractivity contribution in [1.82, 2.24) is 14.7 Å². The Balaban J connectivity index is 1.70. The fourth-order valence-corrected chi connectivity index (χ4v) is 3.23. The Morgan fingerprint density at radius 3 is 2.29 bits per heavy atom. The summed E-state index contributed by atoms with van der Waals surface area (Å²) in [5.74, 6) is -1.22. The molecule has 0 bridgehead atoms. The van der Waals surface area contributed by atoms with Crippen molar-refractivity contribution in [3.63, 3.8) is 0 Å². The molecule has 2 amide bonds. The molecule has 0 aliphatic rings. The predicted molar refractivity (Wildman–Crippen MR) is 117 cm³/mol. The van der Waals surface area contributed by atoms with E-state index in [4.69, 9.17) is 4.74 Å². The summed E-state index contributed by atoms with van der Waals surface area (Å²) in [4.78, 5) is 39.0. The molecule has 0 spiro atoms. The number of amides is 2. The summed E-state index contributed by atoms with van der Waals surface area (Å²) >= 11 is 0. The summed E-state index contributed by atoms with van der Waals surface area (Å²) in [6.45, 7) is 3.16.